The van der Waals surface area contributed by atoms with E-state index < -0.39 is 0 Å². The van der Waals surface area contributed by atoms with Gasteiger partial charge in [-0.05, 0) is 37.1 Å². The monoisotopic (exact) mass is 379 g/mol. The lowest BCUT2D eigenvalue weighted by molar-refractivity contribution is 0.0773. The number of benzene rings is 2. The number of carbonyl (C=O) groups is 1. The quantitative estimate of drug-likeness (QED) is 0.868. The number of ether oxygens (including phenoxy) is 1. The van der Waals surface area contributed by atoms with Gasteiger partial charge in [-0.25, -0.2) is 0 Å². The summed E-state index contributed by atoms with van der Waals surface area (Å²) in [6.45, 7) is 8.50. The van der Waals surface area contributed by atoms with Gasteiger partial charge >= 0.3 is 0 Å². The van der Waals surface area contributed by atoms with E-state index in [-0.39, 0.29) is 5.91 Å². The summed E-state index contributed by atoms with van der Waals surface area (Å²) >= 11 is 0. The predicted octanol–water partition coefficient (Wildman–Crippen LogP) is 2.69. The molecule has 5 nitrogen and oxygen atoms in total. The molecular weight excluding hydrogens is 350 g/mol. The topological polar surface area (TPSA) is 44.8 Å². The smallest absolute Gasteiger partial charge is 0.254 e. The molecule has 1 N–H and O–H groups in total. The number of rotatable bonds is 5. The molecule has 1 amide bonds. The second kappa shape index (κ2) is 8.76. The van der Waals surface area contributed by atoms with Gasteiger partial charge in [0.05, 0.1) is 0 Å². The number of nitrogens with zero attached hydrogens (tertiary/aromatic N) is 2. The van der Waals surface area contributed by atoms with Crippen LogP contribution in [0.1, 0.15) is 27.9 Å². The van der Waals surface area contributed by atoms with Crippen LogP contribution in [0, 0.1) is 6.92 Å². The van der Waals surface area contributed by atoms with Gasteiger partial charge in [-0.2, -0.15) is 0 Å². The molecule has 0 saturated carbocycles. The molecule has 148 valence electrons. The highest BCUT2D eigenvalue weighted by Crippen LogP contribution is 2.21. The van der Waals surface area contributed by atoms with Crippen LogP contribution in [0.2, 0.25) is 0 Å². The zero-order valence-electron chi connectivity index (χ0n) is 16.6. The normalized spacial score (nSPS) is 20.3. The average molecular weight is 380 g/mol. The van der Waals surface area contributed by atoms with E-state index in [4.69, 9.17) is 4.74 Å². The first-order chi connectivity index (χ1) is 13.7. The first-order valence-corrected chi connectivity index (χ1v) is 10.2. The van der Waals surface area contributed by atoms with Crippen LogP contribution >= 0.6 is 0 Å². The van der Waals surface area contributed by atoms with Crippen molar-refractivity contribution in [2.45, 2.75) is 26.0 Å². The number of aryl methyl sites for hydroxylation is 1. The number of hydrogen-bond donors (Lipinski definition) is 1. The summed E-state index contributed by atoms with van der Waals surface area (Å²) in [5.41, 5.74) is 3.07. The fourth-order valence-electron chi connectivity index (χ4n) is 4.14. The zero-order valence-corrected chi connectivity index (χ0v) is 16.6. The Morgan fingerprint density at radius 2 is 1.93 bits per heavy atom. The van der Waals surface area contributed by atoms with Crippen LogP contribution in [-0.4, -0.2) is 61.0 Å². The summed E-state index contributed by atoms with van der Waals surface area (Å²) in [5, 5.41) is 3.39. The van der Waals surface area contributed by atoms with Crippen molar-refractivity contribution in [3.63, 3.8) is 0 Å². The molecule has 5 heteroatoms. The molecule has 1 unspecified atom stereocenters. The molecule has 2 aliphatic heterocycles. The van der Waals surface area contributed by atoms with Gasteiger partial charge in [0.2, 0.25) is 0 Å². The minimum atomic E-state index is 0.110. The van der Waals surface area contributed by atoms with E-state index in [1.54, 1.807) is 0 Å². The van der Waals surface area contributed by atoms with Crippen LogP contribution in [0.3, 0.4) is 0 Å². The van der Waals surface area contributed by atoms with Crippen LogP contribution in [0.25, 0.3) is 0 Å². The van der Waals surface area contributed by atoms with Gasteiger partial charge < -0.3 is 15.0 Å². The van der Waals surface area contributed by atoms with Gasteiger partial charge in [-0.15, -0.1) is 0 Å². The number of nitrogens with one attached hydrogen (secondary N) is 1. The minimum Gasteiger partial charge on any atom is -0.489 e. The Morgan fingerprint density at radius 1 is 1.11 bits per heavy atom. The van der Waals surface area contributed by atoms with Gasteiger partial charge in [0.25, 0.3) is 5.91 Å². The number of amides is 1. The maximum absolute atomic E-state index is 13.0. The van der Waals surface area contributed by atoms with Gasteiger partial charge in [0, 0.05) is 50.9 Å². The molecule has 2 aromatic carbocycles. The second-order valence-electron chi connectivity index (χ2n) is 7.79. The first-order valence-electron chi connectivity index (χ1n) is 10.2. The van der Waals surface area contributed by atoms with Crippen LogP contribution in [0.4, 0.5) is 0 Å². The van der Waals surface area contributed by atoms with E-state index in [2.05, 4.69) is 35.3 Å². The summed E-state index contributed by atoms with van der Waals surface area (Å²) in [6, 6.07) is 16.4. The van der Waals surface area contributed by atoms with Crippen LogP contribution in [0.5, 0.6) is 5.75 Å². The Hall–Kier alpha value is -2.37. The molecule has 0 aliphatic carbocycles. The highest BCUT2D eigenvalue weighted by molar-refractivity contribution is 5.94. The fraction of sp³-hybridized carbons (Fsp3) is 0.435. The molecule has 4 rings (SSSR count). The molecule has 2 heterocycles. The SMILES string of the molecule is Cc1cccc(COc2cccc(C(=O)N3CCC(N4CCNCC4)C3)c2)c1. The van der Waals surface area contributed by atoms with Crippen LogP contribution < -0.4 is 10.1 Å². The van der Waals surface area contributed by atoms with Crippen LogP contribution in [0.15, 0.2) is 48.5 Å². The third-order valence-electron chi connectivity index (χ3n) is 5.69. The molecular formula is C23H29N3O2. The van der Waals surface area contributed by atoms with Crippen molar-refractivity contribution < 1.29 is 9.53 Å². The third-order valence-corrected chi connectivity index (χ3v) is 5.69. The Labute approximate surface area is 167 Å². The van der Waals surface area contributed by atoms with E-state index in [0.717, 1.165) is 57.0 Å². The van der Waals surface area contributed by atoms with Gasteiger partial charge in [-0.1, -0.05) is 35.9 Å². The standard InChI is InChI=1S/C23H29N3O2/c1-18-4-2-5-19(14-18)17-28-22-7-3-6-20(15-22)23(27)26-11-8-21(16-26)25-12-9-24-10-13-25/h2-7,14-15,21,24H,8-13,16-17H2,1H3. The second-order valence-corrected chi connectivity index (χ2v) is 7.79. The largest absolute Gasteiger partial charge is 0.489 e. The van der Waals surface area contributed by atoms with Crippen molar-refractivity contribution in [2.75, 3.05) is 39.3 Å². The summed E-state index contributed by atoms with van der Waals surface area (Å²) in [7, 11) is 0. The molecule has 0 spiro atoms. The van der Waals surface area contributed by atoms with Crippen molar-refractivity contribution in [3.05, 3.63) is 65.2 Å². The summed E-state index contributed by atoms with van der Waals surface area (Å²) in [6.07, 6.45) is 1.06. The Bertz CT molecular complexity index is 817. The third kappa shape index (κ3) is 4.54. The zero-order chi connectivity index (χ0) is 19.3. The molecule has 0 radical (unpaired) electrons. The molecule has 2 aromatic rings. The number of piperazine rings is 1. The van der Waals surface area contributed by atoms with Gasteiger partial charge in [0.1, 0.15) is 12.4 Å². The average Bonchev–Trinajstić information content (AvgIpc) is 3.23. The van der Waals surface area contributed by atoms with Crippen LogP contribution in [-0.2, 0) is 6.61 Å². The van der Waals surface area contributed by atoms with E-state index in [0.29, 0.717) is 18.2 Å². The number of likely N-dealkylation sites (tertiary alicyclic amines) is 1. The number of carbonyl (C=O) groups excluding carboxylic acids is 1. The summed E-state index contributed by atoms with van der Waals surface area (Å²) in [5.74, 6) is 0.851. The molecule has 1 atom stereocenters. The van der Waals surface area contributed by atoms with Gasteiger partial charge in [0.15, 0.2) is 0 Å². The lowest BCUT2D eigenvalue weighted by atomic mass is 10.1. The lowest BCUT2D eigenvalue weighted by Gasteiger charge is -2.32. The summed E-state index contributed by atoms with van der Waals surface area (Å²) < 4.78 is 5.93. The molecule has 28 heavy (non-hydrogen) atoms. The van der Waals surface area contributed by atoms with Gasteiger partial charge in [-0.3, -0.25) is 9.69 Å². The molecule has 2 aliphatic rings. The fourth-order valence-corrected chi connectivity index (χ4v) is 4.14. The van der Waals surface area contributed by atoms with Crippen molar-refractivity contribution in [1.29, 1.82) is 0 Å². The highest BCUT2D eigenvalue weighted by Gasteiger charge is 2.31. The maximum Gasteiger partial charge on any atom is 0.254 e. The Balaban J connectivity index is 1.36. The van der Waals surface area contributed by atoms with E-state index in [1.807, 2.05) is 35.2 Å². The van der Waals surface area contributed by atoms with E-state index in [9.17, 15) is 4.79 Å². The summed E-state index contributed by atoms with van der Waals surface area (Å²) in [4.78, 5) is 17.5. The maximum atomic E-state index is 13.0. The highest BCUT2D eigenvalue weighted by atomic mass is 16.5. The molecule has 2 saturated heterocycles. The minimum absolute atomic E-state index is 0.110. The van der Waals surface area contributed by atoms with E-state index >= 15 is 0 Å². The molecule has 0 bridgehead atoms. The van der Waals surface area contributed by atoms with Crippen molar-refractivity contribution in [1.82, 2.24) is 15.1 Å². The predicted molar refractivity (Wildman–Crippen MR) is 111 cm³/mol. The first kappa shape index (κ1) is 19.0. The Kier molecular flexibility index (Phi) is 5.93. The van der Waals surface area contributed by atoms with Crippen molar-refractivity contribution >= 4 is 5.91 Å². The van der Waals surface area contributed by atoms with Crippen molar-refractivity contribution in [2.24, 2.45) is 0 Å². The molecule has 0 aromatic heterocycles. The Morgan fingerprint density at radius 3 is 2.75 bits per heavy atom. The molecule has 2 fully saturated rings. The lowest BCUT2D eigenvalue weighted by Crippen LogP contribution is -2.49. The number of hydrogen-bond acceptors (Lipinski definition) is 4. The van der Waals surface area contributed by atoms with Crippen molar-refractivity contribution in [3.8, 4) is 5.75 Å². The van der Waals surface area contributed by atoms with E-state index in [1.165, 1.54) is 5.56 Å².